The Balaban J connectivity index is 1.89. The molecule has 0 unspecified atom stereocenters. The number of hydrogen-bond acceptors (Lipinski definition) is 3. The minimum absolute atomic E-state index is 0.186. The Hall–Kier alpha value is -1.49. The molecular weight excluding hydrogens is 233 g/mol. The standard InChI is InChI=1S/C13H18FN3O/c1-15-11-2-4-12(5-3-11)17-13(18)9-6-10(14)8-16-7-9/h6-8,11-12,15H,2-5H2,1H3,(H,17,18). The fraction of sp³-hybridized carbons (Fsp3) is 0.538. The van der Waals surface area contributed by atoms with E-state index >= 15 is 0 Å². The average molecular weight is 251 g/mol. The number of nitrogens with one attached hydrogen (secondary N) is 2. The molecule has 0 spiro atoms. The quantitative estimate of drug-likeness (QED) is 0.855. The summed E-state index contributed by atoms with van der Waals surface area (Å²) in [5.74, 6) is -0.726. The highest BCUT2D eigenvalue weighted by Gasteiger charge is 2.21. The molecule has 0 aromatic carbocycles. The monoisotopic (exact) mass is 251 g/mol. The molecule has 1 aromatic heterocycles. The smallest absolute Gasteiger partial charge is 0.253 e. The molecule has 0 bridgehead atoms. The maximum Gasteiger partial charge on any atom is 0.253 e. The van der Waals surface area contributed by atoms with Gasteiger partial charge in [0.05, 0.1) is 11.8 Å². The van der Waals surface area contributed by atoms with E-state index in [2.05, 4.69) is 15.6 Å². The normalized spacial score (nSPS) is 23.7. The lowest BCUT2D eigenvalue weighted by atomic mass is 9.91. The molecule has 1 aliphatic rings. The molecule has 18 heavy (non-hydrogen) atoms. The van der Waals surface area contributed by atoms with Crippen molar-refractivity contribution in [1.29, 1.82) is 0 Å². The van der Waals surface area contributed by atoms with Crippen molar-refractivity contribution in [2.45, 2.75) is 37.8 Å². The van der Waals surface area contributed by atoms with Crippen molar-refractivity contribution in [3.05, 3.63) is 29.8 Å². The zero-order chi connectivity index (χ0) is 13.0. The van der Waals surface area contributed by atoms with E-state index in [1.165, 1.54) is 12.3 Å². The highest BCUT2D eigenvalue weighted by Crippen LogP contribution is 2.18. The van der Waals surface area contributed by atoms with Gasteiger partial charge in [-0.2, -0.15) is 0 Å². The summed E-state index contributed by atoms with van der Waals surface area (Å²) in [6.07, 6.45) is 6.51. The Bertz CT molecular complexity index is 416. The van der Waals surface area contributed by atoms with E-state index in [4.69, 9.17) is 0 Å². The number of amides is 1. The Morgan fingerprint density at radius 1 is 1.28 bits per heavy atom. The number of halogens is 1. The first-order valence-electron chi connectivity index (χ1n) is 6.27. The lowest BCUT2D eigenvalue weighted by Gasteiger charge is -2.28. The van der Waals surface area contributed by atoms with Crippen molar-refractivity contribution in [1.82, 2.24) is 15.6 Å². The summed E-state index contributed by atoms with van der Waals surface area (Å²) in [5, 5.41) is 6.18. The van der Waals surface area contributed by atoms with Crippen molar-refractivity contribution in [3.63, 3.8) is 0 Å². The van der Waals surface area contributed by atoms with Gasteiger partial charge >= 0.3 is 0 Å². The maximum absolute atomic E-state index is 13.0. The van der Waals surface area contributed by atoms with Crippen LogP contribution in [0, 0.1) is 5.82 Å². The molecule has 0 radical (unpaired) electrons. The number of aromatic nitrogens is 1. The molecule has 1 aliphatic carbocycles. The Morgan fingerprint density at radius 2 is 1.94 bits per heavy atom. The number of hydrogen-bond donors (Lipinski definition) is 2. The molecule has 1 saturated carbocycles. The predicted molar refractivity (Wildman–Crippen MR) is 66.8 cm³/mol. The number of carbonyl (C=O) groups excluding carboxylic acids is 1. The summed E-state index contributed by atoms with van der Waals surface area (Å²) >= 11 is 0. The molecule has 1 aromatic rings. The first-order valence-corrected chi connectivity index (χ1v) is 6.27. The molecular formula is C13H18FN3O. The molecule has 0 aliphatic heterocycles. The molecule has 0 saturated heterocycles. The van der Waals surface area contributed by atoms with Gasteiger partial charge in [-0.25, -0.2) is 4.39 Å². The van der Waals surface area contributed by atoms with Crippen LogP contribution in [-0.4, -0.2) is 30.0 Å². The Morgan fingerprint density at radius 3 is 2.56 bits per heavy atom. The summed E-state index contributed by atoms with van der Waals surface area (Å²) < 4.78 is 13.0. The van der Waals surface area contributed by atoms with Crippen LogP contribution in [0.3, 0.4) is 0 Å². The van der Waals surface area contributed by atoms with Crippen LogP contribution in [0.1, 0.15) is 36.0 Å². The first kappa shape index (κ1) is 13.0. The SMILES string of the molecule is CNC1CCC(NC(=O)c2cncc(F)c2)CC1. The van der Waals surface area contributed by atoms with E-state index < -0.39 is 5.82 Å². The van der Waals surface area contributed by atoms with Gasteiger partial charge in [0.2, 0.25) is 0 Å². The van der Waals surface area contributed by atoms with E-state index in [1.54, 1.807) is 0 Å². The third kappa shape index (κ3) is 3.26. The molecule has 98 valence electrons. The summed E-state index contributed by atoms with van der Waals surface area (Å²) in [6, 6.07) is 1.95. The van der Waals surface area contributed by atoms with E-state index in [-0.39, 0.29) is 17.5 Å². The topological polar surface area (TPSA) is 54.0 Å². The summed E-state index contributed by atoms with van der Waals surface area (Å²) in [5.41, 5.74) is 0.283. The van der Waals surface area contributed by atoms with Gasteiger partial charge < -0.3 is 10.6 Å². The van der Waals surface area contributed by atoms with Crippen molar-refractivity contribution in [2.75, 3.05) is 7.05 Å². The number of pyridine rings is 1. The average Bonchev–Trinajstić information content (AvgIpc) is 2.39. The molecule has 1 heterocycles. The van der Waals surface area contributed by atoms with Crippen LogP contribution in [0.2, 0.25) is 0 Å². The zero-order valence-corrected chi connectivity index (χ0v) is 10.4. The minimum Gasteiger partial charge on any atom is -0.349 e. The molecule has 2 rings (SSSR count). The van der Waals surface area contributed by atoms with Crippen molar-refractivity contribution < 1.29 is 9.18 Å². The molecule has 1 fully saturated rings. The van der Waals surface area contributed by atoms with Crippen LogP contribution in [0.5, 0.6) is 0 Å². The third-order valence-electron chi connectivity index (χ3n) is 3.44. The second-order valence-electron chi connectivity index (χ2n) is 4.70. The zero-order valence-electron chi connectivity index (χ0n) is 10.4. The van der Waals surface area contributed by atoms with E-state index in [0.717, 1.165) is 31.9 Å². The Kier molecular flexibility index (Phi) is 4.25. The van der Waals surface area contributed by atoms with Gasteiger partial charge in [-0.05, 0) is 38.8 Å². The minimum atomic E-state index is -0.485. The predicted octanol–water partition coefficient (Wildman–Crippen LogP) is 1.48. The van der Waals surface area contributed by atoms with Gasteiger partial charge in [-0.1, -0.05) is 0 Å². The third-order valence-corrected chi connectivity index (χ3v) is 3.44. The van der Waals surface area contributed by atoms with Crippen molar-refractivity contribution in [3.8, 4) is 0 Å². The van der Waals surface area contributed by atoms with Crippen LogP contribution in [0.15, 0.2) is 18.5 Å². The highest BCUT2D eigenvalue weighted by molar-refractivity contribution is 5.94. The van der Waals surface area contributed by atoms with Crippen molar-refractivity contribution >= 4 is 5.91 Å². The van der Waals surface area contributed by atoms with Crippen LogP contribution in [0.25, 0.3) is 0 Å². The van der Waals surface area contributed by atoms with Crippen LogP contribution in [-0.2, 0) is 0 Å². The van der Waals surface area contributed by atoms with Crippen LogP contribution in [0.4, 0.5) is 4.39 Å². The molecule has 2 N–H and O–H groups in total. The van der Waals surface area contributed by atoms with Crippen LogP contribution >= 0.6 is 0 Å². The van der Waals surface area contributed by atoms with Crippen molar-refractivity contribution in [2.24, 2.45) is 0 Å². The van der Waals surface area contributed by atoms with Gasteiger partial charge in [-0.15, -0.1) is 0 Å². The number of carbonyl (C=O) groups is 1. The Labute approximate surface area is 106 Å². The molecule has 1 amide bonds. The van der Waals surface area contributed by atoms with Gasteiger partial charge in [-0.3, -0.25) is 9.78 Å². The second-order valence-corrected chi connectivity index (χ2v) is 4.70. The van der Waals surface area contributed by atoms with Gasteiger partial charge in [0.1, 0.15) is 5.82 Å². The molecule has 0 atom stereocenters. The van der Waals surface area contributed by atoms with E-state index in [1.807, 2.05) is 7.05 Å². The molecule has 5 heteroatoms. The maximum atomic E-state index is 13.0. The second kappa shape index (κ2) is 5.91. The number of rotatable bonds is 3. The van der Waals surface area contributed by atoms with E-state index in [9.17, 15) is 9.18 Å². The highest BCUT2D eigenvalue weighted by atomic mass is 19.1. The van der Waals surface area contributed by atoms with Gasteiger partial charge in [0.15, 0.2) is 0 Å². The van der Waals surface area contributed by atoms with Gasteiger partial charge in [0.25, 0.3) is 5.91 Å². The van der Waals surface area contributed by atoms with E-state index in [0.29, 0.717) is 6.04 Å². The van der Waals surface area contributed by atoms with Crippen LogP contribution < -0.4 is 10.6 Å². The first-order chi connectivity index (χ1) is 8.69. The fourth-order valence-electron chi connectivity index (χ4n) is 2.33. The lowest BCUT2D eigenvalue weighted by Crippen LogP contribution is -2.41. The summed E-state index contributed by atoms with van der Waals surface area (Å²) in [6.45, 7) is 0. The summed E-state index contributed by atoms with van der Waals surface area (Å²) in [7, 11) is 1.96. The number of nitrogens with zero attached hydrogens (tertiary/aromatic N) is 1. The lowest BCUT2D eigenvalue weighted by molar-refractivity contribution is 0.0924. The van der Waals surface area contributed by atoms with Gasteiger partial charge in [0, 0.05) is 18.3 Å². The largest absolute Gasteiger partial charge is 0.349 e. The molecule has 4 nitrogen and oxygen atoms in total. The summed E-state index contributed by atoms with van der Waals surface area (Å²) in [4.78, 5) is 15.6. The fourth-order valence-corrected chi connectivity index (χ4v) is 2.33.